The Morgan fingerprint density at radius 3 is 2.53 bits per heavy atom. The Bertz CT molecular complexity index is 811. The largest absolute Gasteiger partial charge is 0.393 e. The van der Waals surface area contributed by atoms with Crippen molar-refractivity contribution >= 4 is 0 Å². The minimum Gasteiger partial charge on any atom is -0.393 e. The van der Waals surface area contributed by atoms with E-state index in [1.807, 2.05) is 6.92 Å². The number of allylic oxidation sites excluding steroid dienone is 1. The molecular formula is C27H42O5. The smallest absolute Gasteiger partial charge is 0.171 e. The van der Waals surface area contributed by atoms with Gasteiger partial charge in [-0.1, -0.05) is 32.4 Å². The van der Waals surface area contributed by atoms with Crippen LogP contribution in [0.3, 0.4) is 0 Å². The third kappa shape index (κ3) is 2.75. The molecule has 5 fully saturated rings. The molecule has 2 heterocycles. The zero-order valence-corrected chi connectivity index (χ0v) is 20.2. The fourth-order valence-corrected chi connectivity index (χ4v) is 9.70. The van der Waals surface area contributed by atoms with Crippen LogP contribution in [0, 0.1) is 40.4 Å². The van der Waals surface area contributed by atoms with Crippen molar-refractivity contribution in [2.75, 3.05) is 6.61 Å². The second-order valence-electron chi connectivity index (χ2n) is 13.1. The molecular weight excluding hydrogens is 404 g/mol. The van der Waals surface area contributed by atoms with Gasteiger partial charge in [0.25, 0.3) is 0 Å². The Kier molecular flexibility index (Phi) is 4.69. The molecule has 2 saturated heterocycles. The lowest BCUT2D eigenvalue weighted by molar-refractivity contribution is -0.293. The molecule has 6 aliphatic rings. The summed E-state index contributed by atoms with van der Waals surface area (Å²) >= 11 is 0. The molecule has 180 valence electrons. The lowest BCUT2D eigenvalue weighted by atomic mass is 9.46. The Balaban J connectivity index is 1.28. The number of fused-ring (bicyclic) bond motifs is 7. The van der Waals surface area contributed by atoms with Crippen molar-refractivity contribution < 1.29 is 24.8 Å². The molecule has 32 heavy (non-hydrogen) atoms. The van der Waals surface area contributed by atoms with Gasteiger partial charge in [0.15, 0.2) is 5.79 Å². The number of aliphatic hydroxyl groups is 3. The summed E-state index contributed by atoms with van der Waals surface area (Å²) < 4.78 is 13.1. The standard InChI is InChI=1S/C27H42O5/c1-15-23-21(32-27(15)10-9-24(2,30)14-31-27)13-20-18-6-5-16-11-17(28)12-22(29)26(16,4)19(18)7-8-25(20,23)3/h5,15,17-23,28-30H,6-14H2,1-4H3. The first-order chi connectivity index (χ1) is 15.0. The quantitative estimate of drug-likeness (QED) is 0.493. The fourth-order valence-electron chi connectivity index (χ4n) is 9.70. The second-order valence-corrected chi connectivity index (χ2v) is 13.1. The van der Waals surface area contributed by atoms with Gasteiger partial charge in [0, 0.05) is 24.2 Å². The predicted molar refractivity (Wildman–Crippen MR) is 121 cm³/mol. The highest BCUT2D eigenvalue weighted by molar-refractivity contribution is 5.28. The highest BCUT2D eigenvalue weighted by atomic mass is 16.7. The van der Waals surface area contributed by atoms with E-state index < -0.39 is 23.6 Å². The summed E-state index contributed by atoms with van der Waals surface area (Å²) in [4.78, 5) is 0. The third-order valence-electron chi connectivity index (χ3n) is 11.5. The molecule has 0 aromatic rings. The fraction of sp³-hybridized carbons (Fsp3) is 0.926. The van der Waals surface area contributed by atoms with Gasteiger partial charge in [-0.2, -0.15) is 0 Å². The maximum Gasteiger partial charge on any atom is 0.171 e. The topological polar surface area (TPSA) is 79.2 Å². The van der Waals surface area contributed by atoms with Gasteiger partial charge in [-0.25, -0.2) is 0 Å². The van der Waals surface area contributed by atoms with Crippen LogP contribution in [0.2, 0.25) is 0 Å². The van der Waals surface area contributed by atoms with Gasteiger partial charge in [0.05, 0.1) is 30.5 Å². The number of ether oxygens (including phenoxy) is 2. The normalized spacial score (nSPS) is 61.5. The van der Waals surface area contributed by atoms with Crippen LogP contribution < -0.4 is 0 Å². The van der Waals surface area contributed by atoms with Crippen molar-refractivity contribution in [2.45, 2.75) is 109 Å². The molecule has 0 amide bonds. The molecule has 6 rings (SSSR count). The molecule has 3 N–H and O–H groups in total. The van der Waals surface area contributed by atoms with Gasteiger partial charge in [-0.05, 0) is 74.5 Å². The van der Waals surface area contributed by atoms with E-state index in [1.54, 1.807) is 0 Å². The number of hydrogen-bond acceptors (Lipinski definition) is 5. The van der Waals surface area contributed by atoms with Gasteiger partial charge >= 0.3 is 0 Å². The number of hydrogen-bond donors (Lipinski definition) is 3. The van der Waals surface area contributed by atoms with Crippen molar-refractivity contribution in [1.29, 1.82) is 0 Å². The number of rotatable bonds is 0. The molecule has 0 aromatic heterocycles. The van der Waals surface area contributed by atoms with Crippen molar-refractivity contribution in [2.24, 2.45) is 40.4 Å². The van der Waals surface area contributed by atoms with Crippen LogP contribution >= 0.6 is 0 Å². The summed E-state index contributed by atoms with van der Waals surface area (Å²) in [6.07, 6.45) is 9.01. The predicted octanol–water partition coefficient (Wildman–Crippen LogP) is 3.80. The molecule has 2 aliphatic heterocycles. The molecule has 0 aromatic carbocycles. The summed E-state index contributed by atoms with van der Waals surface area (Å²) in [5.74, 6) is 1.98. The second kappa shape index (κ2) is 6.81. The van der Waals surface area contributed by atoms with E-state index in [9.17, 15) is 15.3 Å². The van der Waals surface area contributed by atoms with E-state index in [0.29, 0.717) is 42.6 Å². The van der Waals surface area contributed by atoms with Crippen molar-refractivity contribution in [3.8, 4) is 0 Å². The molecule has 0 bridgehead atoms. The molecule has 4 aliphatic carbocycles. The van der Waals surface area contributed by atoms with Gasteiger partial charge in [0.2, 0.25) is 0 Å². The average Bonchev–Trinajstić information content (AvgIpc) is 3.17. The van der Waals surface area contributed by atoms with E-state index >= 15 is 0 Å². The minimum absolute atomic E-state index is 0.188. The van der Waals surface area contributed by atoms with Gasteiger partial charge in [0.1, 0.15) is 0 Å². The zero-order valence-electron chi connectivity index (χ0n) is 20.2. The number of aliphatic hydroxyl groups excluding tert-OH is 2. The van der Waals surface area contributed by atoms with E-state index in [4.69, 9.17) is 9.47 Å². The summed E-state index contributed by atoms with van der Waals surface area (Å²) in [5.41, 5.74) is 0.608. The Hall–Kier alpha value is -0.460. The molecule has 1 spiro atoms. The van der Waals surface area contributed by atoms with E-state index in [0.717, 1.165) is 38.5 Å². The van der Waals surface area contributed by atoms with Gasteiger partial charge < -0.3 is 24.8 Å². The van der Waals surface area contributed by atoms with Gasteiger partial charge in [-0.15, -0.1) is 0 Å². The molecule has 12 unspecified atom stereocenters. The Labute approximate surface area is 192 Å². The highest BCUT2D eigenvalue weighted by Gasteiger charge is 2.69. The summed E-state index contributed by atoms with van der Waals surface area (Å²) in [7, 11) is 0. The minimum atomic E-state index is -0.744. The SMILES string of the molecule is CC1C2C(CC3C4CC=C5CC(O)CC(O)C5(C)C4CCC32C)OC12CCC(C)(O)CO2. The van der Waals surface area contributed by atoms with Gasteiger partial charge in [-0.3, -0.25) is 0 Å². The Morgan fingerprint density at radius 2 is 1.81 bits per heavy atom. The van der Waals surface area contributed by atoms with E-state index in [-0.39, 0.29) is 16.9 Å². The van der Waals surface area contributed by atoms with Crippen LogP contribution in [0.15, 0.2) is 11.6 Å². The summed E-state index contributed by atoms with van der Waals surface area (Å²) in [6, 6.07) is 0. The van der Waals surface area contributed by atoms with Crippen LogP contribution in [0.1, 0.15) is 79.1 Å². The van der Waals surface area contributed by atoms with Crippen LogP contribution in [0.5, 0.6) is 0 Å². The lowest BCUT2D eigenvalue weighted by Crippen LogP contribution is -2.56. The lowest BCUT2D eigenvalue weighted by Gasteiger charge is -2.59. The molecule has 5 nitrogen and oxygen atoms in total. The molecule has 5 heteroatoms. The summed E-state index contributed by atoms with van der Waals surface area (Å²) in [6.45, 7) is 9.34. The first-order valence-electron chi connectivity index (χ1n) is 13.1. The first kappa shape index (κ1) is 22.0. The first-order valence-corrected chi connectivity index (χ1v) is 13.1. The van der Waals surface area contributed by atoms with Crippen molar-refractivity contribution in [1.82, 2.24) is 0 Å². The molecule has 3 saturated carbocycles. The zero-order chi connectivity index (χ0) is 22.7. The Morgan fingerprint density at radius 1 is 1.03 bits per heavy atom. The molecule has 0 radical (unpaired) electrons. The maximum absolute atomic E-state index is 11.1. The monoisotopic (exact) mass is 446 g/mol. The van der Waals surface area contributed by atoms with Crippen molar-refractivity contribution in [3.63, 3.8) is 0 Å². The summed E-state index contributed by atoms with van der Waals surface area (Å²) in [5, 5.41) is 31.8. The van der Waals surface area contributed by atoms with Crippen molar-refractivity contribution in [3.05, 3.63) is 11.6 Å². The van der Waals surface area contributed by atoms with E-state index in [1.165, 1.54) is 12.0 Å². The maximum atomic E-state index is 11.1. The van der Waals surface area contributed by atoms with Crippen LogP contribution in [-0.2, 0) is 9.47 Å². The van der Waals surface area contributed by atoms with Crippen LogP contribution in [0.4, 0.5) is 0 Å². The highest BCUT2D eigenvalue weighted by Crippen LogP contribution is 2.70. The van der Waals surface area contributed by atoms with Crippen LogP contribution in [0.25, 0.3) is 0 Å². The molecule has 12 atom stereocenters. The average molecular weight is 447 g/mol. The van der Waals surface area contributed by atoms with Crippen LogP contribution in [-0.4, -0.2) is 51.6 Å². The van der Waals surface area contributed by atoms with E-state index in [2.05, 4.69) is 26.8 Å². The third-order valence-corrected chi connectivity index (χ3v) is 11.5.